The summed E-state index contributed by atoms with van der Waals surface area (Å²) in [4.78, 5) is 29.8. The van der Waals surface area contributed by atoms with Gasteiger partial charge in [-0.2, -0.15) is 0 Å². The summed E-state index contributed by atoms with van der Waals surface area (Å²) in [5.41, 5.74) is -0.399. The second-order valence-corrected chi connectivity index (χ2v) is 7.38. The number of aromatic nitrogens is 2. The summed E-state index contributed by atoms with van der Waals surface area (Å²) < 4.78 is 7.49. The summed E-state index contributed by atoms with van der Waals surface area (Å²) in [6.45, 7) is 1.45. The van der Waals surface area contributed by atoms with E-state index in [1.807, 2.05) is 29.2 Å². The van der Waals surface area contributed by atoms with Crippen LogP contribution < -0.4 is 10.4 Å². The van der Waals surface area contributed by atoms with Crippen molar-refractivity contribution in [3.8, 4) is 5.75 Å². The largest absolute Gasteiger partial charge is 0.490 e. The first-order valence-corrected chi connectivity index (χ1v) is 9.19. The number of ether oxygens (including phenoxy) is 1. The molecule has 2 aromatic rings. The zero-order chi connectivity index (χ0) is 18.1. The van der Waals surface area contributed by atoms with Crippen LogP contribution in [0.25, 0.3) is 0 Å². The fourth-order valence-corrected chi connectivity index (χ4v) is 4.13. The third-order valence-electron chi connectivity index (χ3n) is 5.33. The minimum atomic E-state index is -0.399. The molecule has 1 saturated carbocycles. The quantitative estimate of drug-likeness (QED) is 0.824. The number of nitrogens with zero attached hydrogens (tertiary/aromatic N) is 3. The molecule has 1 aliphatic heterocycles. The predicted octanol–water partition coefficient (Wildman–Crippen LogP) is 2.21. The maximum Gasteiger partial charge on any atom is 0.347 e. The standard InChI is InChI=1S/C19H20ClN3O3/c20-14-3-5-15(6-4-14)26-17-7-2-13-10-23(11-16(13)17)18(24)12-22-9-1-8-21-19(22)25/h1,3-6,8-9,13,16-17H,2,7,10-12H2/t13-,16+,17-/m0/s1. The maximum atomic E-state index is 12.6. The highest BCUT2D eigenvalue weighted by Crippen LogP contribution is 2.40. The van der Waals surface area contributed by atoms with Gasteiger partial charge in [-0.15, -0.1) is 0 Å². The zero-order valence-electron chi connectivity index (χ0n) is 14.3. The first-order valence-electron chi connectivity index (χ1n) is 8.81. The predicted molar refractivity (Wildman–Crippen MR) is 97.2 cm³/mol. The molecule has 26 heavy (non-hydrogen) atoms. The zero-order valence-corrected chi connectivity index (χ0v) is 15.0. The normalized spacial score (nSPS) is 24.5. The van der Waals surface area contributed by atoms with Crippen molar-refractivity contribution in [2.45, 2.75) is 25.5 Å². The van der Waals surface area contributed by atoms with Crippen molar-refractivity contribution >= 4 is 17.5 Å². The van der Waals surface area contributed by atoms with Gasteiger partial charge >= 0.3 is 5.69 Å². The average Bonchev–Trinajstić information content (AvgIpc) is 3.21. The molecule has 1 saturated heterocycles. The SMILES string of the molecule is O=C(Cn1cccnc1=O)N1C[C@@H]2CC[C@H](Oc3ccc(Cl)cc3)[C@@H]2C1. The lowest BCUT2D eigenvalue weighted by Crippen LogP contribution is -2.37. The van der Waals surface area contributed by atoms with Gasteiger partial charge in [-0.25, -0.2) is 9.78 Å². The van der Waals surface area contributed by atoms with E-state index in [0.717, 1.165) is 25.1 Å². The van der Waals surface area contributed by atoms with Crippen LogP contribution in [0.1, 0.15) is 12.8 Å². The van der Waals surface area contributed by atoms with Crippen LogP contribution in [0.3, 0.4) is 0 Å². The minimum Gasteiger partial charge on any atom is -0.490 e. The number of likely N-dealkylation sites (tertiary alicyclic amines) is 1. The highest BCUT2D eigenvalue weighted by atomic mass is 35.5. The van der Waals surface area contributed by atoms with Gasteiger partial charge in [0.25, 0.3) is 0 Å². The number of hydrogen-bond acceptors (Lipinski definition) is 4. The summed E-state index contributed by atoms with van der Waals surface area (Å²) in [7, 11) is 0. The lowest BCUT2D eigenvalue weighted by molar-refractivity contribution is -0.131. The molecule has 2 aliphatic rings. The number of rotatable bonds is 4. The number of hydrogen-bond donors (Lipinski definition) is 0. The molecule has 1 aromatic heterocycles. The highest BCUT2D eigenvalue weighted by Gasteiger charge is 2.45. The van der Waals surface area contributed by atoms with E-state index in [1.165, 1.54) is 10.8 Å². The van der Waals surface area contributed by atoms with E-state index in [9.17, 15) is 9.59 Å². The summed E-state index contributed by atoms with van der Waals surface area (Å²) >= 11 is 5.92. The highest BCUT2D eigenvalue weighted by molar-refractivity contribution is 6.30. The Kier molecular flexibility index (Phi) is 4.68. The number of halogens is 1. The van der Waals surface area contributed by atoms with Gasteiger partial charge in [-0.1, -0.05) is 11.6 Å². The molecule has 0 N–H and O–H groups in total. The molecule has 0 unspecified atom stereocenters. The lowest BCUT2D eigenvalue weighted by Gasteiger charge is -2.22. The first kappa shape index (κ1) is 17.1. The molecule has 0 radical (unpaired) electrons. The monoisotopic (exact) mass is 373 g/mol. The van der Waals surface area contributed by atoms with Crippen LogP contribution >= 0.6 is 11.6 Å². The van der Waals surface area contributed by atoms with E-state index >= 15 is 0 Å². The Hall–Kier alpha value is -2.34. The van der Waals surface area contributed by atoms with E-state index in [1.54, 1.807) is 12.3 Å². The molecule has 4 rings (SSSR count). The van der Waals surface area contributed by atoms with Crippen LogP contribution in [-0.4, -0.2) is 39.6 Å². The molecule has 0 bridgehead atoms. The molecule has 1 aromatic carbocycles. The van der Waals surface area contributed by atoms with Crippen LogP contribution in [0.5, 0.6) is 5.75 Å². The summed E-state index contributed by atoms with van der Waals surface area (Å²) in [5, 5.41) is 0.685. The fourth-order valence-electron chi connectivity index (χ4n) is 4.01. The van der Waals surface area contributed by atoms with E-state index in [4.69, 9.17) is 16.3 Å². The van der Waals surface area contributed by atoms with Gasteiger partial charge < -0.3 is 9.64 Å². The molecule has 2 fully saturated rings. The van der Waals surface area contributed by atoms with Crippen molar-refractivity contribution in [1.29, 1.82) is 0 Å². The van der Waals surface area contributed by atoms with Gasteiger partial charge in [0.15, 0.2) is 0 Å². The average molecular weight is 374 g/mol. The molecule has 1 amide bonds. The third-order valence-corrected chi connectivity index (χ3v) is 5.59. The van der Waals surface area contributed by atoms with Gasteiger partial charge in [0.05, 0.1) is 0 Å². The maximum absolute atomic E-state index is 12.6. The first-order chi connectivity index (χ1) is 12.6. The van der Waals surface area contributed by atoms with Gasteiger partial charge in [0.1, 0.15) is 18.4 Å². The molecule has 136 valence electrons. The minimum absolute atomic E-state index is 0.0365. The molecule has 3 atom stereocenters. The van der Waals surface area contributed by atoms with E-state index in [2.05, 4.69) is 4.98 Å². The van der Waals surface area contributed by atoms with Crippen LogP contribution in [0.15, 0.2) is 47.5 Å². The Morgan fingerprint density at radius 3 is 2.81 bits per heavy atom. The number of amides is 1. The smallest absolute Gasteiger partial charge is 0.347 e. The van der Waals surface area contributed by atoms with Crippen LogP contribution in [0.2, 0.25) is 5.02 Å². The Labute approximate surface area is 156 Å². The second-order valence-electron chi connectivity index (χ2n) is 6.94. The van der Waals surface area contributed by atoms with Crippen molar-refractivity contribution in [2.75, 3.05) is 13.1 Å². The molecule has 2 heterocycles. The summed E-state index contributed by atoms with van der Waals surface area (Å²) in [5.74, 6) is 1.56. The Balaban J connectivity index is 1.39. The Morgan fingerprint density at radius 1 is 1.23 bits per heavy atom. The van der Waals surface area contributed by atoms with Gasteiger partial charge in [0.2, 0.25) is 5.91 Å². The van der Waals surface area contributed by atoms with Gasteiger partial charge in [-0.05, 0) is 49.1 Å². The topological polar surface area (TPSA) is 64.4 Å². The number of fused-ring (bicyclic) bond motifs is 1. The number of benzene rings is 1. The van der Waals surface area contributed by atoms with E-state index in [-0.39, 0.29) is 18.6 Å². The van der Waals surface area contributed by atoms with Gasteiger partial charge in [-0.3, -0.25) is 9.36 Å². The van der Waals surface area contributed by atoms with Crippen LogP contribution in [0.4, 0.5) is 0 Å². The van der Waals surface area contributed by atoms with Gasteiger partial charge in [0, 0.05) is 36.4 Å². The molecular weight excluding hydrogens is 354 g/mol. The second kappa shape index (κ2) is 7.11. The lowest BCUT2D eigenvalue weighted by atomic mass is 9.99. The van der Waals surface area contributed by atoms with E-state index in [0.29, 0.717) is 23.4 Å². The summed E-state index contributed by atoms with van der Waals surface area (Å²) in [6, 6.07) is 9.05. The van der Waals surface area contributed by atoms with E-state index < -0.39 is 5.69 Å². The van der Waals surface area contributed by atoms with Crippen molar-refractivity contribution in [1.82, 2.24) is 14.5 Å². The van der Waals surface area contributed by atoms with Crippen molar-refractivity contribution in [3.05, 3.63) is 58.2 Å². The fraction of sp³-hybridized carbons (Fsp3) is 0.421. The molecule has 1 aliphatic carbocycles. The van der Waals surface area contributed by atoms with Crippen molar-refractivity contribution < 1.29 is 9.53 Å². The van der Waals surface area contributed by atoms with Crippen LogP contribution in [-0.2, 0) is 11.3 Å². The molecular formula is C19H20ClN3O3. The van der Waals surface area contributed by atoms with Crippen molar-refractivity contribution in [2.24, 2.45) is 11.8 Å². The van der Waals surface area contributed by atoms with Crippen LogP contribution in [0, 0.1) is 11.8 Å². The molecule has 7 heteroatoms. The molecule has 6 nitrogen and oxygen atoms in total. The third kappa shape index (κ3) is 3.46. The molecule has 0 spiro atoms. The number of carbonyl (C=O) groups is 1. The Morgan fingerprint density at radius 2 is 2.04 bits per heavy atom. The number of carbonyl (C=O) groups excluding carboxylic acids is 1. The Bertz CT molecular complexity index is 852. The van der Waals surface area contributed by atoms with Crippen molar-refractivity contribution in [3.63, 3.8) is 0 Å². The summed E-state index contributed by atoms with van der Waals surface area (Å²) in [6.07, 6.45) is 5.19.